The topological polar surface area (TPSA) is 121 Å². The minimum Gasteiger partial charge on any atom is -0.473 e. The van der Waals surface area contributed by atoms with Gasteiger partial charge in [-0.1, -0.05) is 28.1 Å². The van der Waals surface area contributed by atoms with Crippen LogP contribution >= 0.6 is 15.9 Å². The van der Waals surface area contributed by atoms with Crippen LogP contribution in [0.5, 0.6) is 0 Å². The smallest absolute Gasteiger partial charge is 0.414 e. The second-order valence-electron chi connectivity index (χ2n) is 3.33. The number of carboxylic acid groups (broad SMARTS) is 2. The Balaban J connectivity index is 0.000000411. The summed E-state index contributed by atoms with van der Waals surface area (Å²) in [5.74, 6) is -3.65. The normalized spacial score (nSPS) is 11.1. The lowest BCUT2D eigenvalue weighted by molar-refractivity contribution is -0.159. The Morgan fingerprint density at radius 3 is 1.94 bits per heavy atom. The van der Waals surface area contributed by atoms with Gasteiger partial charge in [0.1, 0.15) is 0 Å². The van der Waals surface area contributed by atoms with Gasteiger partial charge in [0.2, 0.25) is 0 Å². The maximum absolute atomic E-state index is 9.24. The van der Waals surface area contributed by atoms with Crippen molar-refractivity contribution in [3.63, 3.8) is 0 Å². The van der Waals surface area contributed by atoms with E-state index in [2.05, 4.69) is 15.9 Å². The fourth-order valence-corrected chi connectivity index (χ4v) is 1.24. The Hall–Kier alpha value is -1.44. The van der Waals surface area contributed by atoms with E-state index in [1.807, 2.05) is 24.3 Å². The van der Waals surface area contributed by atoms with E-state index in [-0.39, 0.29) is 0 Å². The molecule has 1 aromatic rings. The summed E-state index contributed by atoms with van der Waals surface area (Å²) >= 11 is 3.34. The van der Waals surface area contributed by atoms with Gasteiger partial charge in [0.15, 0.2) is 0 Å². The molecule has 7 heteroatoms. The summed E-state index contributed by atoms with van der Waals surface area (Å²) in [6, 6.07) is 7.86. The number of nitrogens with two attached hydrogens (primary N) is 1. The lowest BCUT2D eigenvalue weighted by Crippen LogP contribution is -2.21. The van der Waals surface area contributed by atoms with E-state index in [0.29, 0.717) is 13.0 Å². The summed E-state index contributed by atoms with van der Waals surface area (Å²) in [5, 5.41) is 24.0. The highest BCUT2D eigenvalue weighted by atomic mass is 79.9. The standard InChI is InChI=1S/C9H12BrNO.C2H2O4/c10-8-3-1-7(2-4-8)5-9(12)6-11;3-1(4)2(5)6/h1-4,9,12H,5-6,11H2;(H,3,4)(H,5,6). The van der Waals surface area contributed by atoms with E-state index >= 15 is 0 Å². The van der Waals surface area contributed by atoms with Crippen LogP contribution in [-0.2, 0) is 16.0 Å². The zero-order valence-electron chi connectivity index (χ0n) is 9.41. The molecule has 0 spiro atoms. The maximum Gasteiger partial charge on any atom is 0.414 e. The van der Waals surface area contributed by atoms with E-state index in [1.165, 1.54) is 0 Å². The molecule has 6 nitrogen and oxygen atoms in total. The van der Waals surface area contributed by atoms with Crippen LogP contribution in [0.4, 0.5) is 0 Å². The molecule has 0 fully saturated rings. The monoisotopic (exact) mass is 319 g/mol. The zero-order chi connectivity index (χ0) is 14.1. The number of hydrogen-bond donors (Lipinski definition) is 4. The van der Waals surface area contributed by atoms with Crippen LogP contribution in [0.2, 0.25) is 0 Å². The molecule has 5 N–H and O–H groups in total. The predicted molar refractivity (Wildman–Crippen MR) is 68.2 cm³/mol. The second kappa shape index (κ2) is 8.62. The van der Waals surface area contributed by atoms with Crippen molar-refractivity contribution >= 4 is 27.9 Å². The van der Waals surface area contributed by atoms with Gasteiger partial charge in [-0.25, -0.2) is 9.59 Å². The Labute approximate surface area is 112 Å². The van der Waals surface area contributed by atoms with Crippen LogP contribution in [0.1, 0.15) is 5.56 Å². The Bertz CT molecular complexity index is 381. The van der Waals surface area contributed by atoms with E-state index in [0.717, 1.165) is 10.0 Å². The predicted octanol–water partition coefficient (Wildman–Crippen LogP) is 0.467. The quantitative estimate of drug-likeness (QED) is 0.601. The van der Waals surface area contributed by atoms with Crippen LogP contribution in [0, 0.1) is 0 Å². The summed E-state index contributed by atoms with van der Waals surface area (Å²) in [6.07, 6.45) is 0.204. The third-order valence-corrected chi connectivity index (χ3v) is 2.37. The van der Waals surface area contributed by atoms with Crippen molar-refractivity contribution in [3.8, 4) is 0 Å². The van der Waals surface area contributed by atoms with Crippen molar-refractivity contribution < 1.29 is 24.9 Å². The van der Waals surface area contributed by atoms with Crippen molar-refractivity contribution in [2.24, 2.45) is 5.73 Å². The van der Waals surface area contributed by atoms with Crippen molar-refractivity contribution in [2.75, 3.05) is 6.54 Å². The van der Waals surface area contributed by atoms with Crippen molar-refractivity contribution in [2.45, 2.75) is 12.5 Å². The van der Waals surface area contributed by atoms with Crippen LogP contribution in [0.3, 0.4) is 0 Å². The van der Waals surface area contributed by atoms with Gasteiger partial charge in [-0.15, -0.1) is 0 Å². The highest BCUT2D eigenvalue weighted by molar-refractivity contribution is 9.10. The van der Waals surface area contributed by atoms with E-state index < -0.39 is 18.0 Å². The molecule has 1 aromatic carbocycles. The number of carbonyl (C=O) groups is 2. The molecule has 0 saturated heterocycles. The number of halogens is 1. The summed E-state index contributed by atoms with van der Waals surface area (Å²) in [7, 11) is 0. The minimum absolute atomic E-state index is 0.316. The van der Waals surface area contributed by atoms with Gasteiger partial charge in [-0.3, -0.25) is 0 Å². The number of carboxylic acids is 2. The van der Waals surface area contributed by atoms with Crippen molar-refractivity contribution in [1.29, 1.82) is 0 Å². The Kier molecular flexibility index (Phi) is 7.93. The average molecular weight is 320 g/mol. The first kappa shape index (κ1) is 16.6. The van der Waals surface area contributed by atoms with E-state index in [9.17, 15) is 5.11 Å². The largest absolute Gasteiger partial charge is 0.473 e. The fraction of sp³-hybridized carbons (Fsp3) is 0.273. The summed E-state index contributed by atoms with van der Waals surface area (Å²) < 4.78 is 1.05. The summed E-state index contributed by atoms with van der Waals surface area (Å²) in [6.45, 7) is 0.316. The van der Waals surface area contributed by atoms with Gasteiger partial charge >= 0.3 is 11.9 Å². The number of hydrogen-bond acceptors (Lipinski definition) is 4. The third kappa shape index (κ3) is 7.77. The molecule has 1 unspecified atom stereocenters. The van der Waals surface area contributed by atoms with Crippen LogP contribution < -0.4 is 5.73 Å². The van der Waals surface area contributed by atoms with Crippen LogP contribution in [0.25, 0.3) is 0 Å². The Morgan fingerprint density at radius 1 is 1.17 bits per heavy atom. The molecule has 100 valence electrons. The molecule has 0 heterocycles. The fourth-order valence-electron chi connectivity index (χ4n) is 0.976. The molecule has 0 aromatic heterocycles. The highest BCUT2D eigenvalue weighted by Gasteiger charge is 2.04. The number of aliphatic hydroxyl groups is 1. The number of aliphatic hydroxyl groups excluding tert-OH is 1. The van der Waals surface area contributed by atoms with Gasteiger partial charge in [0.25, 0.3) is 0 Å². The van der Waals surface area contributed by atoms with E-state index in [1.54, 1.807) is 0 Å². The molecular formula is C11H14BrNO5. The number of benzene rings is 1. The SMILES string of the molecule is NCC(O)Cc1ccc(Br)cc1.O=C(O)C(=O)O. The molecule has 0 saturated carbocycles. The highest BCUT2D eigenvalue weighted by Crippen LogP contribution is 2.11. The molecule has 0 aliphatic heterocycles. The molecule has 1 atom stereocenters. The number of aliphatic carboxylic acids is 2. The lowest BCUT2D eigenvalue weighted by Gasteiger charge is -2.06. The molecular weight excluding hydrogens is 306 g/mol. The second-order valence-corrected chi connectivity index (χ2v) is 4.25. The van der Waals surface area contributed by atoms with Gasteiger partial charge < -0.3 is 21.1 Å². The van der Waals surface area contributed by atoms with Crippen LogP contribution in [-0.4, -0.2) is 39.9 Å². The molecule has 0 radical (unpaired) electrons. The lowest BCUT2D eigenvalue weighted by atomic mass is 10.1. The third-order valence-electron chi connectivity index (χ3n) is 1.84. The first-order valence-electron chi connectivity index (χ1n) is 4.95. The van der Waals surface area contributed by atoms with Gasteiger partial charge in [-0.05, 0) is 24.1 Å². The minimum atomic E-state index is -1.82. The van der Waals surface area contributed by atoms with Gasteiger partial charge in [-0.2, -0.15) is 0 Å². The van der Waals surface area contributed by atoms with Gasteiger partial charge in [0.05, 0.1) is 6.10 Å². The molecule has 0 amide bonds. The van der Waals surface area contributed by atoms with Gasteiger partial charge in [0, 0.05) is 11.0 Å². The molecule has 0 aliphatic carbocycles. The molecule has 0 aliphatic rings. The van der Waals surface area contributed by atoms with E-state index in [4.69, 9.17) is 25.5 Å². The maximum atomic E-state index is 9.24. The van der Waals surface area contributed by atoms with Crippen molar-refractivity contribution in [3.05, 3.63) is 34.3 Å². The first-order valence-corrected chi connectivity index (χ1v) is 5.75. The van der Waals surface area contributed by atoms with Crippen LogP contribution in [0.15, 0.2) is 28.7 Å². The molecule has 0 bridgehead atoms. The average Bonchev–Trinajstić information content (AvgIpc) is 2.32. The first-order chi connectivity index (χ1) is 8.36. The van der Waals surface area contributed by atoms with Crippen molar-refractivity contribution in [1.82, 2.24) is 0 Å². The summed E-state index contributed by atoms with van der Waals surface area (Å²) in [4.78, 5) is 18.2. The molecule has 1 rings (SSSR count). The Morgan fingerprint density at radius 2 is 1.61 bits per heavy atom. The summed E-state index contributed by atoms with van der Waals surface area (Å²) in [5.41, 5.74) is 6.40. The zero-order valence-corrected chi connectivity index (χ0v) is 11.0. The molecule has 18 heavy (non-hydrogen) atoms. The number of rotatable bonds is 3.